The van der Waals surface area contributed by atoms with Crippen molar-refractivity contribution in [1.82, 2.24) is 15.6 Å². The molecule has 0 unspecified atom stereocenters. The van der Waals surface area contributed by atoms with Crippen molar-refractivity contribution in [3.63, 3.8) is 0 Å². The molecule has 5 nitrogen and oxygen atoms in total. The van der Waals surface area contributed by atoms with Gasteiger partial charge in [0.15, 0.2) is 0 Å². The predicted octanol–water partition coefficient (Wildman–Crippen LogP) is 2.28. The Bertz CT molecular complexity index is 863. The van der Waals surface area contributed by atoms with Gasteiger partial charge in [0.1, 0.15) is 0 Å². The number of hydrogen-bond acceptors (Lipinski definition) is 3. The average Bonchev–Trinajstić information content (AvgIpc) is 2.65. The second kappa shape index (κ2) is 7.37. The maximum absolute atomic E-state index is 12.2. The lowest BCUT2D eigenvalue weighted by molar-refractivity contribution is -0.120. The molecule has 120 valence electrons. The summed E-state index contributed by atoms with van der Waals surface area (Å²) in [4.78, 5) is 28.1. The van der Waals surface area contributed by atoms with Crippen molar-refractivity contribution in [1.29, 1.82) is 0 Å². The average molecular weight is 319 g/mol. The van der Waals surface area contributed by atoms with E-state index in [1.165, 1.54) is 0 Å². The van der Waals surface area contributed by atoms with Crippen LogP contribution in [0.3, 0.4) is 0 Å². The zero-order chi connectivity index (χ0) is 16.8. The van der Waals surface area contributed by atoms with Crippen molar-refractivity contribution in [2.24, 2.45) is 0 Å². The number of hydrogen-bond donors (Lipinski definition) is 2. The molecule has 0 aliphatic heterocycles. The standard InChI is InChI=1S/C19H17N3O2/c23-18(21-12-17-7-3-4-10-20-17)13-22-19(24)16-9-8-14-5-1-2-6-15(14)11-16/h1-11H,12-13H2,(H,21,23)(H,22,24). The van der Waals surface area contributed by atoms with Gasteiger partial charge >= 0.3 is 0 Å². The fourth-order valence-corrected chi connectivity index (χ4v) is 2.35. The van der Waals surface area contributed by atoms with Crippen LogP contribution in [0.5, 0.6) is 0 Å². The zero-order valence-corrected chi connectivity index (χ0v) is 13.0. The molecule has 0 fully saturated rings. The number of pyridine rings is 1. The van der Waals surface area contributed by atoms with Gasteiger partial charge in [0.25, 0.3) is 5.91 Å². The summed E-state index contributed by atoms with van der Waals surface area (Å²) in [6.07, 6.45) is 1.67. The molecule has 2 aromatic carbocycles. The summed E-state index contributed by atoms with van der Waals surface area (Å²) < 4.78 is 0. The summed E-state index contributed by atoms with van der Waals surface area (Å²) in [5.74, 6) is -0.525. The highest BCUT2D eigenvalue weighted by atomic mass is 16.2. The van der Waals surface area contributed by atoms with Crippen LogP contribution in [0.25, 0.3) is 10.8 Å². The van der Waals surface area contributed by atoms with Crippen LogP contribution in [0.2, 0.25) is 0 Å². The van der Waals surface area contributed by atoms with Crippen molar-refractivity contribution in [3.05, 3.63) is 78.1 Å². The molecule has 0 spiro atoms. The lowest BCUT2D eigenvalue weighted by atomic mass is 10.1. The summed E-state index contributed by atoms with van der Waals surface area (Å²) in [6.45, 7) is 0.268. The summed E-state index contributed by atoms with van der Waals surface area (Å²) in [5.41, 5.74) is 1.30. The Labute approximate surface area is 139 Å². The van der Waals surface area contributed by atoms with Crippen molar-refractivity contribution in [2.45, 2.75) is 6.54 Å². The summed E-state index contributed by atoms with van der Waals surface area (Å²) >= 11 is 0. The van der Waals surface area contributed by atoms with Gasteiger partial charge in [-0.3, -0.25) is 14.6 Å². The molecule has 0 aliphatic carbocycles. The highest BCUT2D eigenvalue weighted by molar-refractivity contribution is 5.99. The Balaban J connectivity index is 1.53. The molecule has 24 heavy (non-hydrogen) atoms. The SMILES string of the molecule is O=C(CNC(=O)c1ccc2ccccc2c1)NCc1ccccn1. The maximum atomic E-state index is 12.2. The summed E-state index contributed by atoms with van der Waals surface area (Å²) in [5, 5.41) is 7.41. The lowest BCUT2D eigenvalue weighted by Crippen LogP contribution is -2.36. The van der Waals surface area contributed by atoms with E-state index < -0.39 is 0 Å². The molecule has 3 rings (SSSR count). The number of benzene rings is 2. The minimum Gasteiger partial charge on any atom is -0.349 e. The van der Waals surface area contributed by atoms with Gasteiger partial charge in [-0.25, -0.2) is 0 Å². The third-order valence-electron chi connectivity index (χ3n) is 3.61. The van der Waals surface area contributed by atoms with Gasteiger partial charge < -0.3 is 10.6 Å². The third kappa shape index (κ3) is 3.95. The highest BCUT2D eigenvalue weighted by Gasteiger charge is 2.08. The van der Waals surface area contributed by atoms with Crippen LogP contribution >= 0.6 is 0 Å². The van der Waals surface area contributed by atoms with Gasteiger partial charge in [-0.05, 0) is 35.0 Å². The lowest BCUT2D eigenvalue weighted by Gasteiger charge is -2.07. The zero-order valence-electron chi connectivity index (χ0n) is 13.0. The fourth-order valence-electron chi connectivity index (χ4n) is 2.35. The van der Waals surface area contributed by atoms with Crippen LogP contribution in [0.4, 0.5) is 0 Å². The van der Waals surface area contributed by atoms with E-state index in [2.05, 4.69) is 15.6 Å². The first kappa shape index (κ1) is 15.7. The Hall–Kier alpha value is -3.21. The second-order valence-corrected chi connectivity index (χ2v) is 5.34. The van der Waals surface area contributed by atoms with E-state index in [1.54, 1.807) is 12.3 Å². The van der Waals surface area contributed by atoms with Gasteiger partial charge in [0.2, 0.25) is 5.91 Å². The number of nitrogens with zero attached hydrogens (tertiary/aromatic N) is 1. The number of aromatic nitrogens is 1. The molecule has 5 heteroatoms. The third-order valence-corrected chi connectivity index (χ3v) is 3.61. The quantitative estimate of drug-likeness (QED) is 0.758. The number of carbonyl (C=O) groups is 2. The van der Waals surface area contributed by atoms with Gasteiger partial charge in [-0.15, -0.1) is 0 Å². The predicted molar refractivity (Wildman–Crippen MR) is 92.4 cm³/mol. The van der Waals surface area contributed by atoms with Crippen LogP contribution in [0.15, 0.2) is 66.9 Å². The molecular weight excluding hydrogens is 302 g/mol. The molecule has 0 radical (unpaired) electrons. The Morgan fingerprint density at radius 2 is 1.67 bits per heavy atom. The second-order valence-electron chi connectivity index (χ2n) is 5.34. The van der Waals surface area contributed by atoms with Crippen molar-refractivity contribution in [3.8, 4) is 0 Å². The van der Waals surface area contributed by atoms with E-state index in [0.29, 0.717) is 12.1 Å². The number of nitrogens with one attached hydrogen (secondary N) is 2. The van der Waals surface area contributed by atoms with Crippen molar-refractivity contribution in [2.75, 3.05) is 6.54 Å². The van der Waals surface area contributed by atoms with Gasteiger partial charge in [0.05, 0.1) is 18.8 Å². The first-order valence-corrected chi connectivity index (χ1v) is 7.66. The number of amides is 2. The number of carbonyl (C=O) groups excluding carboxylic acids is 2. The molecule has 0 saturated heterocycles. The summed E-state index contributed by atoms with van der Waals surface area (Å²) in [6, 6.07) is 18.8. The molecule has 2 amide bonds. The molecule has 0 bridgehead atoms. The largest absolute Gasteiger partial charge is 0.349 e. The van der Waals surface area contributed by atoms with Gasteiger partial charge in [-0.2, -0.15) is 0 Å². The molecule has 3 aromatic rings. The fraction of sp³-hybridized carbons (Fsp3) is 0.105. The van der Waals surface area contributed by atoms with E-state index >= 15 is 0 Å². The first-order chi connectivity index (χ1) is 11.7. The van der Waals surface area contributed by atoms with E-state index in [1.807, 2.05) is 54.6 Å². The van der Waals surface area contributed by atoms with Crippen LogP contribution in [-0.2, 0) is 11.3 Å². The molecule has 0 saturated carbocycles. The minimum atomic E-state index is -0.270. The van der Waals surface area contributed by atoms with Crippen LogP contribution in [0, 0.1) is 0 Å². The van der Waals surface area contributed by atoms with Gasteiger partial charge in [-0.1, -0.05) is 36.4 Å². The Kier molecular flexibility index (Phi) is 4.81. The molecule has 1 heterocycles. The highest BCUT2D eigenvalue weighted by Crippen LogP contribution is 2.15. The molecule has 2 N–H and O–H groups in total. The van der Waals surface area contributed by atoms with Crippen LogP contribution < -0.4 is 10.6 Å². The first-order valence-electron chi connectivity index (χ1n) is 7.66. The monoisotopic (exact) mass is 319 g/mol. The Morgan fingerprint density at radius 3 is 2.46 bits per heavy atom. The van der Waals surface area contributed by atoms with Crippen molar-refractivity contribution >= 4 is 22.6 Å². The van der Waals surface area contributed by atoms with E-state index in [-0.39, 0.29) is 18.4 Å². The normalized spacial score (nSPS) is 10.3. The smallest absolute Gasteiger partial charge is 0.251 e. The van der Waals surface area contributed by atoms with Gasteiger partial charge in [0, 0.05) is 11.8 Å². The molecule has 0 atom stereocenters. The maximum Gasteiger partial charge on any atom is 0.251 e. The van der Waals surface area contributed by atoms with E-state index in [4.69, 9.17) is 0 Å². The minimum absolute atomic E-state index is 0.0709. The van der Waals surface area contributed by atoms with Crippen LogP contribution in [0.1, 0.15) is 16.1 Å². The Morgan fingerprint density at radius 1 is 0.875 bits per heavy atom. The van der Waals surface area contributed by atoms with Crippen LogP contribution in [-0.4, -0.2) is 23.3 Å². The summed E-state index contributed by atoms with van der Waals surface area (Å²) in [7, 11) is 0. The topological polar surface area (TPSA) is 71.1 Å². The van der Waals surface area contributed by atoms with E-state index in [9.17, 15) is 9.59 Å². The number of rotatable bonds is 5. The molecular formula is C19H17N3O2. The number of fused-ring (bicyclic) bond motifs is 1. The molecule has 0 aliphatic rings. The van der Waals surface area contributed by atoms with Crippen molar-refractivity contribution < 1.29 is 9.59 Å². The molecule has 1 aromatic heterocycles. The van der Waals surface area contributed by atoms with E-state index in [0.717, 1.165) is 16.5 Å².